The summed E-state index contributed by atoms with van der Waals surface area (Å²) in [5, 5.41) is 6.96. The van der Waals surface area contributed by atoms with Crippen molar-refractivity contribution in [1.82, 2.24) is 25.3 Å². The molecule has 1 aliphatic carbocycles. The van der Waals surface area contributed by atoms with Gasteiger partial charge in [-0.2, -0.15) is 0 Å². The third kappa shape index (κ3) is 8.13. The van der Waals surface area contributed by atoms with Crippen LogP contribution >= 0.6 is 0 Å². The lowest BCUT2D eigenvalue weighted by Gasteiger charge is -2.38. The van der Waals surface area contributed by atoms with Gasteiger partial charge in [-0.05, 0) is 52.2 Å². The predicted octanol–water partition coefficient (Wildman–Crippen LogP) is 1.61. The maximum Gasteiger partial charge on any atom is 0.225 e. The largest absolute Gasteiger partial charge is 0.355 e. The zero-order chi connectivity index (χ0) is 21.1. The summed E-state index contributed by atoms with van der Waals surface area (Å²) in [6.45, 7) is 15.7. The van der Waals surface area contributed by atoms with E-state index in [2.05, 4.69) is 51.1 Å². The van der Waals surface area contributed by atoms with Gasteiger partial charge in [0.15, 0.2) is 5.96 Å². The van der Waals surface area contributed by atoms with Gasteiger partial charge in [-0.25, -0.2) is 0 Å². The van der Waals surface area contributed by atoms with Crippen molar-refractivity contribution in [2.45, 2.75) is 58.9 Å². The summed E-state index contributed by atoms with van der Waals surface area (Å²) < 4.78 is 0. The summed E-state index contributed by atoms with van der Waals surface area (Å²) in [6.07, 6.45) is 5.78. The molecule has 1 saturated carbocycles. The SMILES string of the molecule is CCN(CC)CCCC(C)NC(=NC)NCCN1CCN(C(=O)C2CCC2)CC1. The lowest BCUT2D eigenvalue weighted by Crippen LogP contribution is -2.52. The van der Waals surface area contributed by atoms with Crippen LogP contribution in [-0.2, 0) is 4.79 Å². The topological polar surface area (TPSA) is 63.2 Å². The number of carbonyl (C=O) groups excluding carboxylic acids is 1. The molecule has 0 spiro atoms. The van der Waals surface area contributed by atoms with Crippen molar-refractivity contribution >= 4 is 11.9 Å². The predicted molar refractivity (Wildman–Crippen MR) is 121 cm³/mol. The summed E-state index contributed by atoms with van der Waals surface area (Å²) in [5.74, 6) is 1.61. The third-order valence-electron chi connectivity index (χ3n) is 6.47. The number of nitrogens with one attached hydrogen (secondary N) is 2. The highest BCUT2D eigenvalue weighted by molar-refractivity contribution is 5.80. The number of carbonyl (C=O) groups is 1. The van der Waals surface area contributed by atoms with Crippen LogP contribution < -0.4 is 10.6 Å². The molecule has 2 N–H and O–H groups in total. The number of rotatable bonds is 11. The average molecular weight is 409 g/mol. The van der Waals surface area contributed by atoms with Gasteiger partial charge < -0.3 is 20.4 Å². The Bertz CT molecular complexity index is 496. The van der Waals surface area contributed by atoms with Crippen molar-refractivity contribution < 1.29 is 4.79 Å². The van der Waals surface area contributed by atoms with Crippen molar-refractivity contribution in [1.29, 1.82) is 0 Å². The van der Waals surface area contributed by atoms with E-state index in [9.17, 15) is 4.79 Å². The van der Waals surface area contributed by atoms with E-state index in [0.29, 0.717) is 17.9 Å². The molecule has 0 bridgehead atoms. The average Bonchev–Trinajstić information content (AvgIpc) is 2.69. The first-order chi connectivity index (χ1) is 14.1. The first kappa shape index (κ1) is 23.9. The molecule has 0 aromatic carbocycles. The summed E-state index contributed by atoms with van der Waals surface area (Å²) in [4.78, 5) is 23.7. The molecule has 0 aromatic heterocycles. The Balaban J connectivity index is 1.56. The Morgan fingerprint density at radius 3 is 2.41 bits per heavy atom. The molecule has 1 aliphatic heterocycles. The van der Waals surface area contributed by atoms with Crippen LogP contribution in [0.15, 0.2) is 4.99 Å². The lowest BCUT2D eigenvalue weighted by atomic mass is 9.84. The standard InChI is InChI=1S/C22H44N6O/c1-5-26(6-2)13-8-9-19(3)25-22(23-4)24-12-14-27-15-17-28(18-16-27)21(29)20-10-7-11-20/h19-20H,5-18H2,1-4H3,(H2,23,24,25). The Morgan fingerprint density at radius 1 is 1.17 bits per heavy atom. The van der Waals surface area contributed by atoms with E-state index >= 15 is 0 Å². The van der Waals surface area contributed by atoms with Gasteiger partial charge in [0.2, 0.25) is 5.91 Å². The second-order valence-corrected chi connectivity index (χ2v) is 8.51. The van der Waals surface area contributed by atoms with Crippen LogP contribution in [-0.4, -0.2) is 98.6 Å². The monoisotopic (exact) mass is 408 g/mol. The minimum Gasteiger partial charge on any atom is -0.355 e. The van der Waals surface area contributed by atoms with E-state index in [0.717, 1.165) is 77.6 Å². The second-order valence-electron chi connectivity index (χ2n) is 8.51. The van der Waals surface area contributed by atoms with Gasteiger partial charge >= 0.3 is 0 Å². The molecule has 2 aliphatic rings. The molecule has 2 fully saturated rings. The van der Waals surface area contributed by atoms with E-state index in [1.165, 1.54) is 19.4 Å². The van der Waals surface area contributed by atoms with Crippen LogP contribution in [0.5, 0.6) is 0 Å². The molecule has 7 nitrogen and oxygen atoms in total. The smallest absolute Gasteiger partial charge is 0.225 e. The number of piperazine rings is 1. The number of nitrogens with zero attached hydrogens (tertiary/aromatic N) is 4. The van der Waals surface area contributed by atoms with Crippen LogP contribution in [0.25, 0.3) is 0 Å². The Morgan fingerprint density at radius 2 is 1.86 bits per heavy atom. The van der Waals surface area contributed by atoms with Crippen LogP contribution in [0.4, 0.5) is 0 Å². The number of guanidine groups is 1. The molecule has 1 saturated heterocycles. The molecule has 29 heavy (non-hydrogen) atoms. The van der Waals surface area contributed by atoms with Gasteiger partial charge in [0.25, 0.3) is 0 Å². The van der Waals surface area contributed by atoms with Crippen LogP contribution in [0, 0.1) is 5.92 Å². The first-order valence-corrected chi connectivity index (χ1v) is 11.8. The van der Waals surface area contributed by atoms with E-state index in [-0.39, 0.29) is 0 Å². The Labute approximate surface area is 178 Å². The fraction of sp³-hybridized carbons (Fsp3) is 0.909. The van der Waals surface area contributed by atoms with E-state index in [1.807, 2.05) is 7.05 Å². The van der Waals surface area contributed by atoms with Gasteiger partial charge in [-0.3, -0.25) is 14.7 Å². The third-order valence-corrected chi connectivity index (χ3v) is 6.47. The van der Waals surface area contributed by atoms with E-state index in [1.54, 1.807) is 0 Å². The van der Waals surface area contributed by atoms with Crippen LogP contribution in [0.2, 0.25) is 0 Å². The Hall–Kier alpha value is -1.34. The second kappa shape index (κ2) is 13.1. The van der Waals surface area contributed by atoms with Crippen molar-refractivity contribution in [2.75, 3.05) is 66.0 Å². The van der Waals surface area contributed by atoms with Gasteiger partial charge in [0, 0.05) is 58.3 Å². The van der Waals surface area contributed by atoms with Gasteiger partial charge in [-0.15, -0.1) is 0 Å². The van der Waals surface area contributed by atoms with Crippen LogP contribution in [0.3, 0.4) is 0 Å². The van der Waals surface area contributed by atoms with E-state index < -0.39 is 0 Å². The highest BCUT2D eigenvalue weighted by Gasteiger charge is 2.30. The number of aliphatic imine (C=N–C) groups is 1. The first-order valence-electron chi connectivity index (χ1n) is 11.8. The summed E-state index contributed by atoms with van der Waals surface area (Å²) >= 11 is 0. The molecule has 7 heteroatoms. The highest BCUT2D eigenvalue weighted by Crippen LogP contribution is 2.28. The molecule has 1 heterocycles. The fourth-order valence-electron chi connectivity index (χ4n) is 4.10. The van der Waals surface area contributed by atoms with Crippen molar-refractivity contribution in [2.24, 2.45) is 10.9 Å². The zero-order valence-corrected chi connectivity index (χ0v) is 19.3. The summed E-state index contributed by atoms with van der Waals surface area (Å²) in [6, 6.07) is 0.415. The minimum absolute atomic E-state index is 0.326. The molecule has 1 atom stereocenters. The summed E-state index contributed by atoms with van der Waals surface area (Å²) in [5.41, 5.74) is 0. The molecule has 0 aromatic rings. The molecule has 1 unspecified atom stereocenters. The molecular formula is C22H44N6O. The molecule has 1 amide bonds. The minimum atomic E-state index is 0.326. The van der Waals surface area contributed by atoms with Gasteiger partial charge in [0.05, 0.1) is 0 Å². The van der Waals surface area contributed by atoms with Gasteiger partial charge in [-0.1, -0.05) is 20.3 Å². The molecule has 168 valence electrons. The molecular weight excluding hydrogens is 364 g/mol. The van der Waals surface area contributed by atoms with Crippen molar-refractivity contribution in [3.8, 4) is 0 Å². The normalized spacial score (nSPS) is 19.9. The lowest BCUT2D eigenvalue weighted by molar-refractivity contribution is -0.139. The number of hydrogen-bond acceptors (Lipinski definition) is 4. The maximum atomic E-state index is 12.3. The van der Waals surface area contributed by atoms with Crippen molar-refractivity contribution in [3.63, 3.8) is 0 Å². The van der Waals surface area contributed by atoms with Crippen LogP contribution in [0.1, 0.15) is 52.9 Å². The van der Waals surface area contributed by atoms with E-state index in [4.69, 9.17) is 0 Å². The number of hydrogen-bond donors (Lipinski definition) is 2. The quantitative estimate of drug-likeness (QED) is 0.402. The molecule has 2 rings (SSSR count). The maximum absolute atomic E-state index is 12.3. The number of amides is 1. The molecule has 0 radical (unpaired) electrons. The zero-order valence-electron chi connectivity index (χ0n) is 19.3. The summed E-state index contributed by atoms with van der Waals surface area (Å²) in [7, 11) is 1.84. The fourth-order valence-corrected chi connectivity index (χ4v) is 4.10. The Kier molecular flexibility index (Phi) is 10.8. The van der Waals surface area contributed by atoms with Crippen molar-refractivity contribution in [3.05, 3.63) is 0 Å². The van der Waals surface area contributed by atoms with Gasteiger partial charge in [0.1, 0.15) is 0 Å². The highest BCUT2D eigenvalue weighted by atomic mass is 16.2.